The molecule has 1 aromatic heterocycles. The third-order valence-electron chi connectivity index (χ3n) is 2.61. The van der Waals surface area contributed by atoms with Crippen LogP contribution in [0.15, 0.2) is 18.5 Å². The number of hydrogen-bond acceptors (Lipinski definition) is 5. The molecule has 0 bridgehead atoms. The number of carbonyl (C=O) groups is 1. The summed E-state index contributed by atoms with van der Waals surface area (Å²) in [5, 5.41) is 7.14. The largest absolute Gasteiger partial charge is 0.495 e. The summed E-state index contributed by atoms with van der Waals surface area (Å²) in [6.45, 7) is 1.85. The first-order chi connectivity index (χ1) is 9.49. The maximum atomic E-state index is 11.9. The number of methoxy groups -OCH3 is 1. The highest BCUT2D eigenvalue weighted by atomic mass is 35.5. The van der Waals surface area contributed by atoms with Gasteiger partial charge in [-0.05, 0) is 18.6 Å². The molecule has 3 N–H and O–H groups in total. The number of aromatic nitrogens is 3. The lowest BCUT2D eigenvalue weighted by atomic mass is 10.2. The van der Waals surface area contributed by atoms with Gasteiger partial charge in [0.05, 0.1) is 12.8 Å². The Bertz CT molecular complexity index is 641. The topological polar surface area (TPSA) is 95.1 Å². The van der Waals surface area contributed by atoms with Gasteiger partial charge >= 0.3 is 0 Å². The number of hydrogen-bond donors (Lipinski definition) is 2. The molecule has 0 aliphatic carbocycles. The van der Waals surface area contributed by atoms with Gasteiger partial charge in [0.15, 0.2) is 0 Å². The molecule has 1 aromatic carbocycles. The van der Waals surface area contributed by atoms with E-state index in [9.17, 15) is 4.79 Å². The molecule has 0 saturated carbocycles. The van der Waals surface area contributed by atoms with E-state index in [0.717, 1.165) is 5.56 Å². The predicted molar refractivity (Wildman–Crippen MR) is 75.8 cm³/mol. The number of nitrogen functional groups attached to an aromatic ring is 1. The van der Waals surface area contributed by atoms with Gasteiger partial charge in [-0.1, -0.05) is 11.6 Å². The van der Waals surface area contributed by atoms with Gasteiger partial charge in [-0.15, -0.1) is 5.10 Å². The number of nitrogens with zero attached hydrogens (tertiary/aromatic N) is 3. The number of anilines is 2. The van der Waals surface area contributed by atoms with Crippen molar-refractivity contribution in [3.8, 4) is 5.75 Å². The molecule has 0 aliphatic heterocycles. The Morgan fingerprint density at radius 3 is 2.90 bits per heavy atom. The average molecular weight is 296 g/mol. The summed E-state index contributed by atoms with van der Waals surface area (Å²) < 4.78 is 6.53. The van der Waals surface area contributed by atoms with Crippen molar-refractivity contribution < 1.29 is 9.53 Å². The number of carbonyl (C=O) groups excluding carboxylic acids is 1. The minimum absolute atomic E-state index is 0.00896. The summed E-state index contributed by atoms with van der Waals surface area (Å²) in [7, 11) is 1.51. The molecular formula is C12H14ClN5O2. The number of nitrogens with one attached hydrogen (secondary N) is 1. The summed E-state index contributed by atoms with van der Waals surface area (Å²) in [4.78, 5) is 15.7. The van der Waals surface area contributed by atoms with E-state index >= 15 is 0 Å². The summed E-state index contributed by atoms with van der Waals surface area (Å²) >= 11 is 6.00. The van der Waals surface area contributed by atoms with E-state index in [-0.39, 0.29) is 18.4 Å². The van der Waals surface area contributed by atoms with Crippen LogP contribution >= 0.6 is 11.6 Å². The molecule has 7 nitrogen and oxygen atoms in total. The van der Waals surface area contributed by atoms with Crippen molar-refractivity contribution in [2.45, 2.75) is 13.5 Å². The van der Waals surface area contributed by atoms with Crippen LogP contribution in [0.4, 0.5) is 11.6 Å². The van der Waals surface area contributed by atoms with E-state index < -0.39 is 0 Å². The highest BCUT2D eigenvalue weighted by Crippen LogP contribution is 2.30. The van der Waals surface area contributed by atoms with Crippen LogP contribution in [0, 0.1) is 6.92 Å². The number of nitrogens with two attached hydrogens (primary N) is 1. The first kappa shape index (κ1) is 14.1. The van der Waals surface area contributed by atoms with Crippen molar-refractivity contribution in [2.75, 3.05) is 18.2 Å². The van der Waals surface area contributed by atoms with E-state index in [1.807, 2.05) is 6.92 Å². The fourth-order valence-electron chi connectivity index (χ4n) is 1.65. The smallest absolute Gasteiger partial charge is 0.246 e. The Hall–Kier alpha value is -2.28. The monoisotopic (exact) mass is 295 g/mol. The zero-order valence-electron chi connectivity index (χ0n) is 11.1. The molecule has 0 atom stereocenters. The third-order valence-corrected chi connectivity index (χ3v) is 3.02. The Labute approximate surface area is 120 Å². The molecule has 0 spiro atoms. The molecule has 0 saturated heterocycles. The van der Waals surface area contributed by atoms with Gasteiger partial charge in [0.25, 0.3) is 0 Å². The number of halogens is 1. The molecule has 106 valence electrons. The van der Waals surface area contributed by atoms with Crippen LogP contribution in [0.2, 0.25) is 5.02 Å². The summed E-state index contributed by atoms with van der Waals surface area (Å²) in [5.74, 6) is 0.347. The zero-order chi connectivity index (χ0) is 14.7. The fourth-order valence-corrected chi connectivity index (χ4v) is 1.81. The van der Waals surface area contributed by atoms with Crippen LogP contribution in [-0.2, 0) is 11.3 Å². The molecule has 0 radical (unpaired) electrons. The second-order valence-corrected chi connectivity index (χ2v) is 4.56. The van der Waals surface area contributed by atoms with Crippen molar-refractivity contribution >= 4 is 29.1 Å². The van der Waals surface area contributed by atoms with E-state index in [0.29, 0.717) is 16.5 Å². The van der Waals surface area contributed by atoms with Gasteiger partial charge in [0.2, 0.25) is 11.9 Å². The fraction of sp³-hybridized carbons (Fsp3) is 0.250. The second-order valence-electron chi connectivity index (χ2n) is 4.15. The van der Waals surface area contributed by atoms with Crippen LogP contribution in [-0.4, -0.2) is 27.8 Å². The van der Waals surface area contributed by atoms with Gasteiger partial charge in [0.1, 0.15) is 18.6 Å². The summed E-state index contributed by atoms with van der Waals surface area (Å²) in [5.41, 5.74) is 6.77. The highest BCUT2D eigenvalue weighted by Gasteiger charge is 2.11. The van der Waals surface area contributed by atoms with Gasteiger partial charge in [0, 0.05) is 11.1 Å². The minimum atomic E-state index is -0.269. The molecule has 1 heterocycles. The van der Waals surface area contributed by atoms with E-state index in [1.54, 1.807) is 12.1 Å². The van der Waals surface area contributed by atoms with Crippen molar-refractivity contribution in [3.63, 3.8) is 0 Å². The van der Waals surface area contributed by atoms with Gasteiger partial charge < -0.3 is 15.8 Å². The molecular weight excluding hydrogens is 282 g/mol. The predicted octanol–water partition coefficient (Wildman–Crippen LogP) is 1.47. The Balaban J connectivity index is 2.13. The Kier molecular flexibility index (Phi) is 4.09. The number of aryl methyl sites for hydroxylation is 1. The van der Waals surface area contributed by atoms with Gasteiger partial charge in [-0.3, -0.25) is 4.79 Å². The van der Waals surface area contributed by atoms with Crippen molar-refractivity contribution in [1.82, 2.24) is 14.8 Å². The number of benzene rings is 1. The summed E-state index contributed by atoms with van der Waals surface area (Å²) in [6, 6.07) is 3.40. The van der Waals surface area contributed by atoms with Crippen LogP contribution in [0.5, 0.6) is 5.75 Å². The van der Waals surface area contributed by atoms with Crippen LogP contribution in [0.25, 0.3) is 0 Å². The number of rotatable bonds is 4. The Morgan fingerprint density at radius 1 is 1.55 bits per heavy atom. The van der Waals surface area contributed by atoms with E-state index in [1.165, 1.54) is 18.1 Å². The van der Waals surface area contributed by atoms with Crippen molar-refractivity contribution in [1.29, 1.82) is 0 Å². The average Bonchev–Trinajstić information content (AvgIpc) is 2.78. The lowest BCUT2D eigenvalue weighted by Crippen LogP contribution is -2.19. The molecule has 20 heavy (non-hydrogen) atoms. The van der Waals surface area contributed by atoms with Crippen molar-refractivity contribution in [3.05, 3.63) is 29.0 Å². The summed E-state index contributed by atoms with van der Waals surface area (Å²) in [6.07, 6.45) is 1.39. The lowest BCUT2D eigenvalue weighted by Gasteiger charge is -2.12. The molecule has 2 rings (SSSR count). The zero-order valence-corrected chi connectivity index (χ0v) is 11.8. The van der Waals surface area contributed by atoms with Crippen LogP contribution in [0.3, 0.4) is 0 Å². The molecule has 0 fully saturated rings. The standard InChI is InChI=1S/C12H14ClN5O2/c1-7-3-9(10(20-2)4-8(7)13)16-11(19)5-18-6-15-12(14)17-18/h3-4,6H,5H2,1-2H3,(H2,14,17)(H,16,19). The first-order valence-electron chi connectivity index (χ1n) is 5.78. The van der Waals surface area contributed by atoms with Crippen LogP contribution in [0.1, 0.15) is 5.56 Å². The minimum Gasteiger partial charge on any atom is -0.495 e. The van der Waals surface area contributed by atoms with Crippen molar-refractivity contribution in [2.24, 2.45) is 0 Å². The quantitative estimate of drug-likeness (QED) is 0.890. The molecule has 1 amide bonds. The molecule has 0 unspecified atom stereocenters. The first-order valence-corrected chi connectivity index (χ1v) is 6.16. The van der Waals surface area contributed by atoms with E-state index in [2.05, 4.69) is 15.4 Å². The SMILES string of the molecule is COc1cc(Cl)c(C)cc1NC(=O)Cn1cnc(N)n1. The van der Waals surface area contributed by atoms with Gasteiger partial charge in [-0.2, -0.15) is 0 Å². The highest BCUT2D eigenvalue weighted by molar-refractivity contribution is 6.31. The lowest BCUT2D eigenvalue weighted by molar-refractivity contribution is -0.116. The number of ether oxygens (including phenoxy) is 1. The second kappa shape index (κ2) is 5.79. The molecule has 2 aromatic rings. The van der Waals surface area contributed by atoms with E-state index in [4.69, 9.17) is 22.1 Å². The molecule has 0 aliphatic rings. The maximum absolute atomic E-state index is 11.9. The van der Waals surface area contributed by atoms with Crippen LogP contribution < -0.4 is 15.8 Å². The normalized spacial score (nSPS) is 10.3. The number of amides is 1. The molecule has 8 heteroatoms. The van der Waals surface area contributed by atoms with Gasteiger partial charge in [-0.25, -0.2) is 9.67 Å². The third kappa shape index (κ3) is 3.18. The Morgan fingerprint density at radius 2 is 2.30 bits per heavy atom. The maximum Gasteiger partial charge on any atom is 0.246 e.